The van der Waals surface area contributed by atoms with Crippen LogP contribution in [0.25, 0.3) is 0 Å². The fourth-order valence-electron chi connectivity index (χ4n) is 2.17. The zero-order valence-corrected chi connectivity index (χ0v) is 13.3. The van der Waals surface area contributed by atoms with Crippen LogP contribution in [-0.4, -0.2) is 28.4 Å². The first-order chi connectivity index (χ1) is 10.7. The molecule has 0 atom stereocenters. The lowest BCUT2D eigenvalue weighted by Crippen LogP contribution is -2.02. The molecule has 0 saturated carbocycles. The van der Waals surface area contributed by atoms with Gasteiger partial charge in [0, 0.05) is 24.4 Å². The summed E-state index contributed by atoms with van der Waals surface area (Å²) in [4.78, 5) is 0. The third-order valence-electron chi connectivity index (χ3n) is 3.30. The first kappa shape index (κ1) is 15.8. The van der Waals surface area contributed by atoms with Crippen LogP contribution in [0.15, 0.2) is 36.4 Å². The molecule has 0 aliphatic carbocycles. The van der Waals surface area contributed by atoms with Crippen LogP contribution in [0.1, 0.15) is 5.56 Å². The lowest BCUT2D eigenvalue weighted by atomic mass is 10.2. The number of ether oxygens (including phenoxy) is 4. The molecule has 5 heteroatoms. The molecule has 2 rings (SSSR count). The highest BCUT2D eigenvalue weighted by Gasteiger charge is 2.13. The molecule has 118 valence electrons. The monoisotopic (exact) mass is 303 g/mol. The van der Waals surface area contributed by atoms with Gasteiger partial charge in [0.05, 0.1) is 28.4 Å². The van der Waals surface area contributed by atoms with Crippen molar-refractivity contribution >= 4 is 5.69 Å². The Morgan fingerprint density at radius 3 is 2.05 bits per heavy atom. The van der Waals surface area contributed by atoms with E-state index in [9.17, 15) is 0 Å². The van der Waals surface area contributed by atoms with Gasteiger partial charge in [0.1, 0.15) is 5.75 Å². The van der Waals surface area contributed by atoms with Crippen LogP contribution >= 0.6 is 0 Å². The third kappa shape index (κ3) is 3.55. The molecule has 0 heterocycles. The molecule has 0 radical (unpaired) electrons. The first-order valence-corrected chi connectivity index (χ1v) is 6.88. The van der Waals surface area contributed by atoms with Gasteiger partial charge in [0.15, 0.2) is 11.5 Å². The van der Waals surface area contributed by atoms with E-state index in [-0.39, 0.29) is 0 Å². The lowest BCUT2D eigenvalue weighted by Gasteiger charge is -2.15. The fraction of sp³-hybridized carbons (Fsp3) is 0.294. The summed E-state index contributed by atoms with van der Waals surface area (Å²) in [7, 11) is 6.45. The van der Waals surface area contributed by atoms with Crippen LogP contribution in [0.3, 0.4) is 0 Å². The molecule has 0 bridgehead atoms. The highest BCUT2D eigenvalue weighted by atomic mass is 16.5. The number of hydrogen-bond acceptors (Lipinski definition) is 5. The summed E-state index contributed by atoms with van der Waals surface area (Å²) in [6, 6.07) is 11.7. The second kappa shape index (κ2) is 7.45. The molecule has 0 fully saturated rings. The topological polar surface area (TPSA) is 49.0 Å². The van der Waals surface area contributed by atoms with Gasteiger partial charge in [-0.05, 0) is 17.7 Å². The van der Waals surface area contributed by atoms with E-state index in [4.69, 9.17) is 18.9 Å². The van der Waals surface area contributed by atoms with Crippen molar-refractivity contribution in [2.24, 2.45) is 0 Å². The van der Waals surface area contributed by atoms with Crippen LogP contribution in [0.2, 0.25) is 0 Å². The Bertz CT molecular complexity index is 603. The molecule has 0 aliphatic heterocycles. The summed E-state index contributed by atoms with van der Waals surface area (Å²) in [5.41, 5.74) is 2.01. The van der Waals surface area contributed by atoms with Gasteiger partial charge in [-0.15, -0.1) is 0 Å². The molecule has 1 N–H and O–H groups in total. The molecule has 0 saturated heterocycles. The molecule has 2 aromatic carbocycles. The molecule has 22 heavy (non-hydrogen) atoms. The largest absolute Gasteiger partial charge is 0.497 e. The maximum atomic E-state index is 5.34. The number of rotatable bonds is 7. The Balaban J connectivity index is 2.18. The molecular formula is C17H21NO4. The third-order valence-corrected chi connectivity index (χ3v) is 3.30. The van der Waals surface area contributed by atoms with E-state index in [1.807, 2.05) is 36.4 Å². The summed E-state index contributed by atoms with van der Waals surface area (Å²) in [6.07, 6.45) is 0. The van der Waals surface area contributed by atoms with E-state index in [2.05, 4.69) is 5.32 Å². The second-order valence-electron chi connectivity index (χ2n) is 4.62. The number of anilines is 1. The summed E-state index contributed by atoms with van der Waals surface area (Å²) < 4.78 is 21.2. The van der Waals surface area contributed by atoms with E-state index in [0.717, 1.165) is 17.0 Å². The Kier molecular flexibility index (Phi) is 5.36. The van der Waals surface area contributed by atoms with Crippen LogP contribution in [0.4, 0.5) is 5.69 Å². The lowest BCUT2D eigenvalue weighted by molar-refractivity contribution is 0.324. The van der Waals surface area contributed by atoms with Gasteiger partial charge >= 0.3 is 0 Å². The second-order valence-corrected chi connectivity index (χ2v) is 4.62. The Morgan fingerprint density at radius 1 is 0.818 bits per heavy atom. The summed E-state index contributed by atoms with van der Waals surface area (Å²) in [6.45, 7) is 0.663. The van der Waals surface area contributed by atoms with Crippen LogP contribution in [-0.2, 0) is 6.54 Å². The fourth-order valence-corrected chi connectivity index (χ4v) is 2.17. The zero-order valence-electron chi connectivity index (χ0n) is 13.3. The Morgan fingerprint density at radius 2 is 1.50 bits per heavy atom. The summed E-state index contributed by atoms with van der Waals surface area (Å²) in [5.74, 6) is 2.66. The maximum Gasteiger partial charge on any atom is 0.203 e. The molecule has 0 amide bonds. The molecule has 2 aromatic rings. The summed E-state index contributed by atoms with van der Waals surface area (Å²) >= 11 is 0. The van der Waals surface area contributed by atoms with Gasteiger partial charge < -0.3 is 24.3 Å². The van der Waals surface area contributed by atoms with Crippen LogP contribution in [0, 0.1) is 0 Å². The van der Waals surface area contributed by atoms with Gasteiger partial charge in [-0.3, -0.25) is 0 Å². The minimum Gasteiger partial charge on any atom is -0.497 e. The van der Waals surface area contributed by atoms with Gasteiger partial charge in [-0.1, -0.05) is 12.1 Å². The quantitative estimate of drug-likeness (QED) is 0.850. The van der Waals surface area contributed by atoms with Crippen molar-refractivity contribution in [1.29, 1.82) is 0 Å². The van der Waals surface area contributed by atoms with E-state index in [1.165, 1.54) is 0 Å². The number of methoxy groups -OCH3 is 4. The minimum atomic E-state index is 0.580. The average molecular weight is 303 g/mol. The average Bonchev–Trinajstić information content (AvgIpc) is 2.58. The smallest absolute Gasteiger partial charge is 0.203 e. The predicted molar refractivity (Wildman–Crippen MR) is 86.4 cm³/mol. The zero-order chi connectivity index (χ0) is 15.9. The van der Waals surface area contributed by atoms with Gasteiger partial charge in [-0.2, -0.15) is 0 Å². The minimum absolute atomic E-state index is 0.580. The highest BCUT2D eigenvalue weighted by Crippen LogP contribution is 2.40. The molecule has 0 aliphatic rings. The molecular weight excluding hydrogens is 282 g/mol. The number of hydrogen-bond donors (Lipinski definition) is 1. The van der Waals surface area contributed by atoms with Crippen LogP contribution < -0.4 is 24.3 Å². The molecule has 0 aromatic heterocycles. The first-order valence-electron chi connectivity index (χ1n) is 6.88. The van der Waals surface area contributed by atoms with Crippen molar-refractivity contribution in [3.8, 4) is 23.0 Å². The normalized spacial score (nSPS) is 10.0. The van der Waals surface area contributed by atoms with E-state index < -0.39 is 0 Å². The van der Waals surface area contributed by atoms with E-state index >= 15 is 0 Å². The number of benzene rings is 2. The van der Waals surface area contributed by atoms with Crippen molar-refractivity contribution in [2.75, 3.05) is 33.8 Å². The van der Waals surface area contributed by atoms with E-state index in [0.29, 0.717) is 23.8 Å². The van der Waals surface area contributed by atoms with Gasteiger partial charge in [-0.25, -0.2) is 0 Å². The van der Waals surface area contributed by atoms with Crippen molar-refractivity contribution in [1.82, 2.24) is 0 Å². The SMILES string of the molecule is COc1cccc(CNc2cc(OC)c(OC)c(OC)c2)c1. The Hall–Kier alpha value is -2.56. The van der Waals surface area contributed by atoms with Crippen LogP contribution in [0.5, 0.6) is 23.0 Å². The summed E-state index contributed by atoms with van der Waals surface area (Å²) in [5, 5.41) is 3.34. The van der Waals surface area contributed by atoms with Crippen molar-refractivity contribution in [2.45, 2.75) is 6.54 Å². The maximum absolute atomic E-state index is 5.34. The Labute approximate surface area is 130 Å². The van der Waals surface area contributed by atoms with E-state index in [1.54, 1.807) is 28.4 Å². The van der Waals surface area contributed by atoms with Gasteiger partial charge in [0.25, 0.3) is 0 Å². The number of nitrogens with one attached hydrogen (secondary N) is 1. The molecule has 5 nitrogen and oxygen atoms in total. The standard InChI is InChI=1S/C17H21NO4/c1-19-14-7-5-6-12(8-14)11-18-13-9-15(20-2)17(22-4)16(10-13)21-3/h5-10,18H,11H2,1-4H3. The van der Waals surface area contributed by atoms with Crippen molar-refractivity contribution in [3.05, 3.63) is 42.0 Å². The van der Waals surface area contributed by atoms with Gasteiger partial charge in [0.2, 0.25) is 5.75 Å². The highest BCUT2D eigenvalue weighted by molar-refractivity contribution is 5.62. The molecule has 0 unspecified atom stereocenters. The van der Waals surface area contributed by atoms with Crippen molar-refractivity contribution < 1.29 is 18.9 Å². The molecule has 0 spiro atoms. The van der Waals surface area contributed by atoms with Crippen molar-refractivity contribution in [3.63, 3.8) is 0 Å². The predicted octanol–water partition coefficient (Wildman–Crippen LogP) is 3.33.